The zero-order chi connectivity index (χ0) is 12.2. The summed E-state index contributed by atoms with van der Waals surface area (Å²) in [6, 6.07) is 8.11. The molecule has 1 aromatic rings. The van der Waals surface area contributed by atoms with Gasteiger partial charge in [0.25, 0.3) is 0 Å². The summed E-state index contributed by atoms with van der Waals surface area (Å²) in [5.41, 5.74) is 1.15. The molecule has 0 unspecified atom stereocenters. The number of hydrogen-bond donors (Lipinski definition) is 1. The molecule has 0 fully saturated rings. The molecule has 0 heterocycles. The van der Waals surface area contributed by atoms with E-state index in [1.165, 1.54) is 0 Å². The van der Waals surface area contributed by atoms with Gasteiger partial charge in [0.15, 0.2) is 0 Å². The Balaban J connectivity index is 2.64. The molecule has 0 atom stereocenters. The summed E-state index contributed by atoms with van der Waals surface area (Å²) < 4.78 is 5.76. The molecule has 0 aliphatic carbocycles. The van der Waals surface area contributed by atoms with Crippen LogP contribution in [0.15, 0.2) is 24.3 Å². The Kier molecular flexibility index (Phi) is 4.19. The van der Waals surface area contributed by atoms with Crippen LogP contribution in [0.25, 0.3) is 0 Å². The molecule has 1 rings (SSSR count). The van der Waals surface area contributed by atoms with E-state index in [1.54, 1.807) is 0 Å². The summed E-state index contributed by atoms with van der Waals surface area (Å²) in [6.45, 7) is 4.88. The normalized spacial score (nSPS) is 11.3. The van der Waals surface area contributed by atoms with Gasteiger partial charge in [0.1, 0.15) is 12.4 Å². The predicted molar refractivity (Wildman–Crippen MR) is 69.4 cm³/mol. The third kappa shape index (κ3) is 3.74. The summed E-state index contributed by atoms with van der Waals surface area (Å²) >= 11 is 0. The van der Waals surface area contributed by atoms with Crippen molar-refractivity contribution in [2.75, 3.05) is 32.6 Å². The number of ether oxygens (including phenoxy) is 1. The van der Waals surface area contributed by atoms with E-state index < -0.39 is 0 Å². The maximum absolute atomic E-state index is 5.76. The summed E-state index contributed by atoms with van der Waals surface area (Å²) in [5, 5.41) is 3.21. The Labute approximate surface area is 98.4 Å². The number of likely N-dealkylation sites (N-methyl/N-ethyl adjacent to an activating group) is 1. The fourth-order valence-corrected chi connectivity index (χ4v) is 1.19. The number of nitrogens with one attached hydrogen (secondary N) is 1. The SMILES string of the molecule is CNC(C)(C)COc1cccc(N(C)C)c1. The molecule has 0 amide bonds. The van der Waals surface area contributed by atoms with E-state index in [0.29, 0.717) is 6.61 Å². The molecule has 0 aliphatic rings. The van der Waals surface area contributed by atoms with Crippen molar-refractivity contribution >= 4 is 5.69 Å². The zero-order valence-electron chi connectivity index (χ0n) is 10.9. The molecule has 3 heteroatoms. The van der Waals surface area contributed by atoms with Gasteiger partial charge < -0.3 is 15.0 Å². The molecule has 90 valence electrons. The maximum Gasteiger partial charge on any atom is 0.121 e. The summed E-state index contributed by atoms with van der Waals surface area (Å²) in [7, 11) is 5.99. The Bertz CT molecular complexity index is 334. The van der Waals surface area contributed by atoms with Gasteiger partial charge in [0.2, 0.25) is 0 Å². The number of nitrogens with zero attached hydrogens (tertiary/aromatic N) is 1. The first-order chi connectivity index (χ1) is 7.44. The lowest BCUT2D eigenvalue weighted by atomic mass is 10.1. The lowest BCUT2D eigenvalue weighted by Gasteiger charge is -2.24. The summed E-state index contributed by atoms with van der Waals surface area (Å²) in [6.07, 6.45) is 0. The molecule has 0 aromatic heterocycles. The van der Waals surface area contributed by atoms with E-state index in [9.17, 15) is 0 Å². The van der Waals surface area contributed by atoms with Gasteiger partial charge >= 0.3 is 0 Å². The smallest absolute Gasteiger partial charge is 0.121 e. The Morgan fingerprint density at radius 1 is 1.31 bits per heavy atom. The highest BCUT2D eigenvalue weighted by molar-refractivity contribution is 5.49. The van der Waals surface area contributed by atoms with Gasteiger partial charge in [-0.3, -0.25) is 0 Å². The lowest BCUT2D eigenvalue weighted by molar-refractivity contribution is 0.217. The third-order valence-corrected chi connectivity index (χ3v) is 2.61. The molecule has 0 saturated heterocycles. The topological polar surface area (TPSA) is 24.5 Å². The van der Waals surface area contributed by atoms with Crippen LogP contribution in [0.3, 0.4) is 0 Å². The van der Waals surface area contributed by atoms with Gasteiger partial charge in [0, 0.05) is 31.4 Å². The van der Waals surface area contributed by atoms with Crippen molar-refractivity contribution in [1.82, 2.24) is 5.32 Å². The highest BCUT2D eigenvalue weighted by Gasteiger charge is 2.15. The van der Waals surface area contributed by atoms with Crippen LogP contribution in [-0.4, -0.2) is 33.3 Å². The van der Waals surface area contributed by atoms with Crippen LogP contribution in [0.4, 0.5) is 5.69 Å². The molecular weight excluding hydrogens is 200 g/mol. The Hall–Kier alpha value is -1.22. The molecule has 1 N–H and O–H groups in total. The zero-order valence-corrected chi connectivity index (χ0v) is 10.9. The van der Waals surface area contributed by atoms with E-state index in [4.69, 9.17) is 4.74 Å². The van der Waals surface area contributed by atoms with E-state index in [1.807, 2.05) is 39.3 Å². The largest absolute Gasteiger partial charge is 0.492 e. The van der Waals surface area contributed by atoms with E-state index in [0.717, 1.165) is 11.4 Å². The van der Waals surface area contributed by atoms with Gasteiger partial charge in [0.05, 0.1) is 0 Å². The van der Waals surface area contributed by atoms with E-state index in [2.05, 4.69) is 30.1 Å². The Morgan fingerprint density at radius 3 is 2.56 bits per heavy atom. The molecule has 0 radical (unpaired) electrons. The van der Waals surface area contributed by atoms with Crippen molar-refractivity contribution in [2.24, 2.45) is 0 Å². The first-order valence-corrected chi connectivity index (χ1v) is 5.54. The second-order valence-corrected chi connectivity index (χ2v) is 4.81. The molecule has 0 spiro atoms. The third-order valence-electron chi connectivity index (χ3n) is 2.61. The van der Waals surface area contributed by atoms with Crippen LogP contribution in [-0.2, 0) is 0 Å². The Morgan fingerprint density at radius 2 is 2.00 bits per heavy atom. The van der Waals surface area contributed by atoms with Crippen molar-refractivity contribution < 1.29 is 4.74 Å². The minimum atomic E-state index is -0.00583. The molecule has 0 saturated carbocycles. The van der Waals surface area contributed by atoms with Gasteiger partial charge in [-0.05, 0) is 33.0 Å². The summed E-state index contributed by atoms with van der Waals surface area (Å²) in [5.74, 6) is 0.912. The minimum Gasteiger partial charge on any atom is -0.492 e. The van der Waals surface area contributed by atoms with Crippen molar-refractivity contribution in [1.29, 1.82) is 0 Å². The van der Waals surface area contributed by atoms with Crippen LogP contribution >= 0.6 is 0 Å². The van der Waals surface area contributed by atoms with Crippen LogP contribution in [0.1, 0.15) is 13.8 Å². The quantitative estimate of drug-likeness (QED) is 0.826. The average Bonchev–Trinajstić information content (AvgIpc) is 2.27. The van der Waals surface area contributed by atoms with Gasteiger partial charge in [-0.2, -0.15) is 0 Å². The fraction of sp³-hybridized carbons (Fsp3) is 0.538. The maximum atomic E-state index is 5.76. The minimum absolute atomic E-state index is 0.00583. The van der Waals surface area contributed by atoms with Gasteiger partial charge in [-0.1, -0.05) is 6.07 Å². The van der Waals surface area contributed by atoms with Gasteiger partial charge in [-0.15, -0.1) is 0 Å². The van der Waals surface area contributed by atoms with Crippen LogP contribution in [0.5, 0.6) is 5.75 Å². The van der Waals surface area contributed by atoms with Crippen molar-refractivity contribution in [3.63, 3.8) is 0 Å². The van der Waals surface area contributed by atoms with Crippen LogP contribution in [0, 0.1) is 0 Å². The van der Waals surface area contributed by atoms with Crippen molar-refractivity contribution in [3.05, 3.63) is 24.3 Å². The standard InChI is InChI=1S/C13H22N2O/c1-13(2,14-3)10-16-12-8-6-7-11(9-12)15(4)5/h6-9,14H,10H2,1-5H3. The molecule has 0 bridgehead atoms. The molecule has 3 nitrogen and oxygen atoms in total. The fourth-order valence-electron chi connectivity index (χ4n) is 1.19. The molecular formula is C13H22N2O. The number of rotatable bonds is 5. The second-order valence-electron chi connectivity index (χ2n) is 4.81. The highest BCUT2D eigenvalue weighted by Crippen LogP contribution is 2.20. The lowest BCUT2D eigenvalue weighted by Crippen LogP contribution is -2.42. The van der Waals surface area contributed by atoms with Crippen molar-refractivity contribution in [3.8, 4) is 5.75 Å². The van der Waals surface area contributed by atoms with Crippen LogP contribution in [0.2, 0.25) is 0 Å². The molecule has 1 aromatic carbocycles. The molecule has 16 heavy (non-hydrogen) atoms. The summed E-state index contributed by atoms with van der Waals surface area (Å²) in [4.78, 5) is 2.07. The number of anilines is 1. The van der Waals surface area contributed by atoms with Crippen LogP contribution < -0.4 is 15.0 Å². The first kappa shape index (κ1) is 12.8. The monoisotopic (exact) mass is 222 g/mol. The van der Waals surface area contributed by atoms with E-state index in [-0.39, 0.29) is 5.54 Å². The highest BCUT2D eigenvalue weighted by atomic mass is 16.5. The number of hydrogen-bond acceptors (Lipinski definition) is 3. The number of benzene rings is 1. The van der Waals surface area contributed by atoms with Crippen molar-refractivity contribution in [2.45, 2.75) is 19.4 Å². The second kappa shape index (κ2) is 5.21. The van der Waals surface area contributed by atoms with Gasteiger partial charge in [-0.25, -0.2) is 0 Å². The average molecular weight is 222 g/mol. The molecule has 0 aliphatic heterocycles. The first-order valence-electron chi connectivity index (χ1n) is 5.54. The predicted octanol–water partition coefficient (Wildman–Crippen LogP) is 2.13. The van der Waals surface area contributed by atoms with E-state index >= 15 is 0 Å².